The molecule has 1 spiro atoms. The molecule has 1 saturated heterocycles. The largest absolute Gasteiger partial charge is 0.438 e. The van der Waals surface area contributed by atoms with Gasteiger partial charge in [0, 0.05) is 30.3 Å². The number of aryl methyl sites for hydroxylation is 2. The fraction of sp³-hybridized carbons (Fsp3) is 0.364. The molecular formula is C22H22N4O2. The van der Waals surface area contributed by atoms with Gasteiger partial charge in [0.25, 0.3) is 5.91 Å². The van der Waals surface area contributed by atoms with E-state index in [1.807, 2.05) is 41.4 Å². The Morgan fingerprint density at radius 1 is 1.18 bits per heavy atom. The minimum atomic E-state index is -0.0936. The zero-order chi connectivity index (χ0) is 19.1. The monoisotopic (exact) mass is 374 g/mol. The summed E-state index contributed by atoms with van der Waals surface area (Å²) in [6, 6.07) is 10.1. The number of carbonyl (C=O) groups is 1. The number of oxazole rings is 1. The molecule has 1 aliphatic carbocycles. The predicted molar refractivity (Wildman–Crippen MR) is 104 cm³/mol. The lowest BCUT2D eigenvalue weighted by Gasteiger charge is -2.40. The van der Waals surface area contributed by atoms with Gasteiger partial charge in [0.1, 0.15) is 0 Å². The predicted octanol–water partition coefficient (Wildman–Crippen LogP) is 3.56. The molecule has 2 aliphatic rings. The third-order valence-electron chi connectivity index (χ3n) is 6.08. The SMILES string of the molecule is Cc1ncoc1C(=O)N1CCCC2(CCc3cnc(-c4ccccc4)nc32)C1. The maximum absolute atomic E-state index is 13.0. The van der Waals surface area contributed by atoms with Crippen LogP contribution in [0.3, 0.4) is 0 Å². The van der Waals surface area contributed by atoms with Crippen molar-refractivity contribution >= 4 is 5.91 Å². The van der Waals surface area contributed by atoms with Crippen LogP contribution in [0.25, 0.3) is 11.4 Å². The number of amides is 1. The molecule has 1 atom stereocenters. The average molecular weight is 374 g/mol. The number of carbonyl (C=O) groups excluding carboxylic acids is 1. The second-order valence-electron chi connectivity index (χ2n) is 7.81. The Kier molecular flexibility index (Phi) is 4.00. The number of nitrogens with zero attached hydrogens (tertiary/aromatic N) is 4. The van der Waals surface area contributed by atoms with Gasteiger partial charge in [0.05, 0.1) is 11.4 Å². The lowest BCUT2D eigenvalue weighted by atomic mass is 9.77. The Bertz CT molecular complexity index is 1030. The van der Waals surface area contributed by atoms with Crippen molar-refractivity contribution in [3.63, 3.8) is 0 Å². The minimum absolute atomic E-state index is 0.0696. The molecule has 0 N–H and O–H groups in total. The first-order valence-electron chi connectivity index (χ1n) is 9.77. The Morgan fingerprint density at radius 3 is 2.82 bits per heavy atom. The zero-order valence-corrected chi connectivity index (χ0v) is 15.9. The van der Waals surface area contributed by atoms with Gasteiger partial charge in [-0.15, -0.1) is 0 Å². The second kappa shape index (κ2) is 6.55. The van der Waals surface area contributed by atoms with E-state index in [4.69, 9.17) is 9.40 Å². The molecular weight excluding hydrogens is 352 g/mol. The number of piperidine rings is 1. The molecule has 3 heterocycles. The highest BCUT2D eigenvalue weighted by Crippen LogP contribution is 2.44. The molecule has 142 valence electrons. The fourth-order valence-corrected chi connectivity index (χ4v) is 4.62. The summed E-state index contributed by atoms with van der Waals surface area (Å²) in [5.41, 5.74) is 3.90. The Morgan fingerprint density at radius 2 is 2.04 bits per heavy atom. The number of hydrogen-bond acceptors (Lipinski definition) is 5. The summed E-state index contributed by atoms with van der Waals surface area (Å²) < 4.78 is 5.35. The first-order valence-corrected chi connectivity index (χ1v) is 9.77. The van der Waals surface area contributed by atoms with Gasteiger partial charge in [-0.2, -0.15) is 0 Å². The third-order valence-corrected chi connectivity index (χ3v) is 6.08. The zero-order valence-electron chi connectivity index (χ0n) is 15.9. The van der Waals surface area contributed by atoms with E-state index in [2.05, 4.69) is 9.97 Å². The molecule has 0 saturated carbocycles. The van der Waals surface area contributed by atoms with Crippen molar-refractivity contribution in [2.75, 3.05) is 13.1 Å². The maximum Gasteiger partial charge on any atom is 0.291 e. The molecule has 2 aromatic heterocycles. The standard InChI is InChI=1S/C22H22N4O2/c1-15-18(28-14-24-15)21(27)26-11-5-9-22(13-26)10-8-17-12-23-20(25-19(17)22)16-6-3-2-4-7-16/h2-4,6-7,12,14H,5,8-11,13H2,1H3. The maximum atomic E-state index is 13.0. The van der Waals surface area contributed by atoms with E-state index >= 15 is 0 Å². The Labute approximate surface area is 163 Å². The molecule has 0 radical (unpaired) electrons. The van der Waals surface area contributed by atoms with Gasteiger partial charge in [-0.3, -0.25) is 4.79 Å². The highest BCUT2D eigenvalue weighted by atomic mass is 16.3. The number of aromatic nitrogens is 3. The fourth-order valence-electron chi connectivity index (χ4n) is 4.62. The van der Waals surface area contributed by atoms with Crippen LogP contribution in [0.1, 0.15) is 46.8 Å². The van der Waals surface area contributed by atoms with E-state index in [1.165, 1.54) is 12.0 Å². The summed E-state index contributed by atoms with van der Waals surface area (Å²) in [5.74, 6) is 1.04. The van der Waals surface area contributed by atoms with Crippen LogP contribution in [-0.2, 0) is 11.8 Å². The van der Waals surface area contributed by atoms with E-state index in [0.29, 0.717) is 18.0 Å². The van der Waals surface area contributed by atoms with Crippen molar-refractivity contribution in [2.45, 2.75) is 38.0 Å². The molecule has 1 aliphatic heterocycles. The van der Waals surface area contributed by atoms with Crippen LogP contribution in [0.5, 0.6) is 0 Å². The lowest BCUT2D eigenvalue weighted by Crippen LogP contribution is -2.48. The van der Waals surface area contributed by atoms with Crippen LogP contribution in [0.15, 0.2) is 47.3 Å². The molecule has 6 nitrogen and oxygen atoms in total. The highest BCUT2D eigenvalue weighted by Gasteiger charge is 2.45. The number of benzene rings is 1. The summed E-state index contributed by atoms with van der Waals surface area (Å²) in [6.45, 7) is 3.22. The second-order valence-corrected chi connectivity index (χ2v) is 7.81. The molecule has 6 heteroatoms. The lowest BCUT2D eigenvalue weighted by molar-refractivity contribution is 0.0601. The number of fused-ring (bicyclic) bond motifs is 2. The van der Waals surface area contributed by atoms with Gasteiger partial charge in [0.2, 0.25) is 5.76 Å². The summed E-state index contributed by atoms with van der Waals surface area (Å²) in [7, 11) is 0. The van der Waals surface area contributed by atoms with Crippen molar-refractivity contribution in [1.82, 2.24) is 19.9 Å². The van der Waals surface area contributed by atoms with Crippen LogP contribution in [0.4, 0.5) is 0 Å². The Hall–Kier alpha value is -3.02. The summed E-state index contributed by atoms with van der Waals surface area (Å²) in [6.07, 6.45) is 7.29. The van der Waals surface area contributed by atoms with Crippen LogP contribution in [0.2, 0.25) is 0 Å². The van der Waals surface area contributed by atoms with E-state index in [-0.39, 0.29) is 11.3 Å². The van der Waals surface area contributed by atoms with Crippen molar-refractivity contribution in [2.24, 2.45) is 0 Å². The van der Waals surface area contributed by atoms with Gasteiger partial charge < -0.3 is 9.32 Å². The molecule has 3 aromatic rings. The van der Waals surface area contributed by atoms with Crippen molar-refractivity contribution in [1.29, 1.82) is 0 Å². The average Bonchev–Trinajstić information content (AvgIpc) is 3.32. The van der Waals surface area contributed by atoms with Crippen molar-refractivity contribution in [3.05, 3.63) is 65.6 Å². The summed E-state index contributed by atoms with van der Waals surface area (Å²) in [4.78, 5) is 28.5. The van der Waals surface area contributed by atoms with Crippen molar-refractivity contribution in [3.8, 4) is 11.4 Å². The summed E-state index contributed by atoms with van der Waals surface area (Å²) >= 11 is 0. The normalized spacial score (nSPS) is 21.1. The van der Waals surface area contributed by atoms with Crippen LogP contribution < -0.4 is 0 Å². The first-order chi connectivity index (χ1) is 13.7. The van der Waals surface area contributed by atoms with Crippen LogP contribution in [0, 0.1) is 6.92 Å². The topological polar surface area (TPSA) is 72.1 Å². The van der Waals surface area contributed by atoms with Crippen molar-refractivity contribution < 1.29 is 9.21 Å². The number of likely N-dealkylation sites (tertiary alicyclic amines) is 1. The molecule has 1 aromatic carbocycles. The number of rotatable bonds is 2. The Balaban J connectivity index is 1.49. The molecule has 1 fully saturated rings. The van der Waals surface area contributed by atoms with Gasteiger partial charge in [0.15, 0.2) is 12.2 Å². The first kappa shape index (κ1) is 17.1. The quantitative estimate of drug-likeness (QED) is 0.686. The molecule has 5 rings (SSSR count). The number of hydrogen-bond donors (Lipinski definition) is 0. The van der Waals surface area contributed by atoms with Gasteiger partial charge >= 0.3 is 0 Å². The molecule has 1 amide bonds. The summed E-state index contributed by atoms with van der Waals surface area (Å²) in [5, 5.41) is 0. The molecule has 28 heavy (non-hydrogen) atoms. The smallest absolute Gasteiger partial charge is 0.291 e. The van der Waals surface area contributed by atoms with E-state index in [9.17, 15) is 4.79 Å². The van der Waals surface area contributed by atoms with Crippen LogP contribution >= 0.6 is 0 Å². The third kappa shape index (κ3) is 2.71. The molecule has 1 unspecified atom stereocenters. The highest BCUT2D eigenvalue weighted by molar-refractivity contribution is 5.92. The van der Waals surface area contributed by atoms with Gasteiger partial charge in [-0.05, 0) is 38.2 Å². The van der Waals surface area contributed by atoms with E-state index in [0.717, 1.165) is 49.3 Å². The van der Waals surface area contributed by atoms with E-state index in [1.54, 1.807) is 6.92 Å². The minimum Gasteiger partial charge on any atom is -0.438 e. The van der Waals surface area contributed by atoms with Gasteiger partial charge in [-0.1, -0.05) is 30.3 Å². The van der Waals surface area contributed by atoms with E-state index < -0.39 is 0 Å². The van der Waals surface area contributed by atoms with Crippen LogP contribution in [-0.4, -0.2) is 38.8 Å². The van der Waals surface area contributed by atoms with Gasteiger partial charge in [-0.25, -0.2) is 15.0 Å². The molecule has 0 bridgehead atoms.